The zero-order chi connectivity index (χ0) is 18.2. The Morgan fingerprint density at radius 3 is 2.44 bits per heavy atom. The summed E-state index contributed by atoms with van der Waals surface area (Å²) in [5, 5.41) is 20.3. The summed E-state index contributed by atoms with van der Waals surface area (Å²) in [5.41, 5.74) is -1.20. The molecule has 0 aliphatic carbocycles. The van der Waals surface area contributed by atoms with E-state index in [1.54, 1.807) is 12.1 Å². The first-order valence-electron chi connectivity index (χ1n) is 7.05. The Bertz CT molecular complexity index is 1010. The van der Waals surface area contributed by atoms with Gasteiger partial charge >= 0.3 is 6.18 Å². The molecule has 0 bridgehead atoms. The van der Waals surface area contributed by atoms with Gasteiger partial charge in [-0.3, -0.25) is 10.2 Å². The van der Waals surface area contributed by atoms with Crippen molar-refractivity contribution in [1.82, 2.24) is 0 Å². The molecule has 3 rings (SSSR count). The number of phenolic OH excluding ortho intramolecular Hbond substituents is 1. The Balaban J connectivity index is 1.90. The molecule has 1 heterocycles. The molecule has 0 aliphatic heterocycles. The summed E-state index contributed by atoms with van der Waals surface area (Å²) in [6.07, 6.45) is -4.46. The molecule has 128 valence electrons. The van der Waals surface area contributed by atoms with Crippen molar-refractivity contribution in [3.05, 3.63) is 65.2 Å². The molecule has 3 aromatic rings. The second-order valence-electron chi connectivity index (χ2n) is 5.21. The molecule has 0 spiro atoms. The first-order valence-corrected chi connectivity index (χ1v) is 7.05. The van der Waals surface area contributed by atoms with Gasteiger partial charge < -0.3 is 14.8 Å². The lowest BCUT2D eigenvalue weighted by Crippen LogP contribution is -2.20. The highest BCUT2D eigenvalue weighted by atomic mass is 19.4. The molecule has 1 amide bonds. The van der Waals surface area contributed by atoms with Crippen LogP contribution >= 0.6 is 0 Å². The second-order valence-corrected chi connectivity index (χ2v) is 5.21. The standard InChI is InChI=1S/C17H11F3N2O3/c18-17(19,20)10-4-6-11(7-5-10)22-16(24)12-8-9-2-1-3-13(23)14(9)25-15(12)21/h1-8,21,23H,(H,22,24). The van der Waals surface area contributed by atoms with Gasteiger partial charge in [-0.1, -0.05) is 12.1 Å². The van der Waals surface area contributed by atoms with E-state index in [-0.39, 0.29) is 22.6 Å². The minimum absolute atomic E-state index is 0.0681. The fraction of sp³-hybridized carbons (Fsp3) is 0.0588. The maximum Gasteiger partial charge on any atom is 0.416 e. The quantitative estimate of drug-likeness (QED) is 0.657. The zero-order valence-corrected chi connectivity index (χ0v) is 12.5. The number of fused-ring (bicyclic) bond motifs is 1. The Morgan fingerprint density at radius 1 is 1.12 bits per heavy atom. The van der Waals surface area contributed by atoms with E-state index in [9.17, 15) is 23.1 Å². The van der Waals surface area contributed by atoms with Gasteiger partial charge in [-0.05, 0) is 36.4 Å². The highest BCUT2D eigenvalue weighted by molar-refractivity contribution is 6.05. The van der Waals surface area contributed by atoms with Gasteiger partial charge in [-0.25, -0.2) is 0 Å². The Morgan fingerprint density at radius 2 is 1.80 bits per heavy atom. The third-order valence-electron chi connectivity index (χ3n) is 3.49. The SMILES string of the molecule is N=c1oc2c(O)cccc2cc1C(=O)Nc1ccc(C(F)(F)F)cc1. The molecule has 0 radical (unpaired) electrons. The predicted molar refractivity (Wildman–Crippen MR) is 83.1 cm³/mol. The van der Waals surface area contributed by atoms with Crippen molar-refractivity contribution < 1.29 is 27.5 Å². The van der Waals surface area contributed by atoms with Crippen molar-refractivity contribution in [2.75, 3.05) is 5.32 Å². The summed E-state index contributed by atoms with van der Waals surface area (Å²) in [5.74, 6) is -0.876. The molecule has 0 saturated carbocycles. The van der Waals surface area contributed by atoms with Crippen LogP contribution in [-0.4, -0.2) is 11.0 Å². The summed E-state index contributed by atoms with van der Waals surface area (Å²) in [7, 11) is 0. The number of para-hydroxylation sites is 1. The number of halogens is 3. The van der Waals surface area contributed by atoms with Crippen molar-refractivity contribution in [3.63, 3.8) is 0 Å². The van der Waals surface area contributed by atoms with Gasteiger partial charge in [0.1, 0.15) is 5.56 Å². The Kier molecular flexibility index (Phi) is 3.96. The molecule has 8 heteroatoms. The van der Waals surface area contributed by atoms with Crippen molar-refractivity contribution >= 4 is 22.6 Å². The number of amides is 1. The average molecular weight is 348 g/mol. The number of alkyl halides is 3. The number of phenols is 1. The summed E-state index contributed by atoms with van der Waals surface area (Å²) in [6, 6.07) is 9.82. The van der Waals surface area contributed by atoms with Crippen LogP contribution in [0.25, 0.3) is 11.0 Å². The van der Waals surface area contributed by atoms with E-state index in [0.717, 1.165) is 24.3 Å². The molecule has 25 heavy (non-hydrogen) atoms. The summed E-state index contributed by atoms with van der Waals surface area (Å²) < 4.78 is 42.8. The Hall–Kier alpha value is -3.29. The number of benzene rings is 2. The molecule has 0 aliphatic rings. The molecule has 0 fully saturated rings. The number of carbonyl (C=O) groups excluding carboxylic acids is 1. The number of aromatic hydroxyl groups is 1. The van der Waals surface area contributed by atoms with Crippen molar-refractivity contribution in [2.45, 2.75) is 6.18 Å². The molecular formula is C17H11F3N2O3. The molecule has 3 N–H and O–H groups in total. The van der Waals surface area contributed by atoms with Gasteiger partial charge in [0.25, 0.3) is 5.91 Å². The second kappa shape index (κ2) is 5.97. The van der Waals surface area contributed by atoms with Gasteiger partial charge in [0.05, 0.1) is 5.56 Å². The lowest BCUT2D eigenvalue weighted by Gasteiger charge is -2.09. The summed E-state index contributed by atoms with van der Waals surface area (Å²) in [6.45, 7) is 0. The molecule has 2 aromatic carbocycles. The molecule has 1 aromatic heterocycles. The monoisotopic (exact) mass is 348 g/mol. The largest absolute Gasteiger partial charge is 0.504 e. The number of carbonyl (C=O) groups is 1. The van der Waals surface area contributed by atoms with Crippen molar-refractivity contribution in [2.24, 2.45) is 0 Å². The fourth-order valence-electron chi connectivity index (χ4n) is 2.25. The normalized spacial score (nSPS) is 11.5. The fourth-order valence-corrected chi connectivity index (χ4v) is 2.25. The summed E-state index contributed by atoms with van der Waals surface area (Å²) in [4.78, 5) is 12.3. The first-order chi connectivity index (χ1) is 11.8. The average Bonchev–Trinajstić information content (AvgIpc) is 2.55. The van der Waals surface area contributed by atoms with E-state index >= 15 is 0 Å². The van der Waals surface area contributed by atoms with Crippen LogP contribution in [0.3, 0.4) is 0 Å². The van der Waals surface area contributed by atoms with Crippen LogP contribution in [0, 0.1) is 5.41 Å². The van der Waals surface area contributed by atoms with E-state index < -0.39 is 23.2 Å². The maximum atomic E-state index is 12.5. The minimum atomic E-state index is -4.46. The first kappa shape index (κ1) is 16.6. The van der Waals surface area contributed by atoms with Crippen molar-refractivity contribution in [1.29, 1.82) is 5.41 Å². The third-order valence-corrected chi connectivity index (χ3v) is 3.49. The maximum absolute atomic E-state index is 12.5. The van der Waals surface area contributed by atoms with Gasteiger partial charge in [-0.15, -0.1) is 0 Å². The smallest absolute Gasteiger partial charge is 0.416 e. The number of nitrogens with one attached hydrogen (secondary N) is 2. The highest BCUT2D eigenvalue weighted by Crippen LogP contribution is 2.30. The minimum Gasteiger partial charge on any atom is -0.504 e. The number of hydrogen-bond donors (Lipinski definition) is 3. The van der Waals surface area contributed by atoms with E-state index in [4.69, 9.17) is 9.83 Å². The van der Waals surface area contributed by atoms with Crippen LogP contribution in [0.15, 0.2) is 52.9 Å². The topological polar surface area (TPSA) is 86.3 Å². The van der Waals surface area contributed by atoms with E-state index in [1.165, 1.54) is 12.1 Å². The number of anilines is 1. The molecule has 0 atom stereocenters. The van der Waals surface area contributed by atoms with Gasteiger partial charge in [0.2, 0.25) is 5.55 Å². The van der Waals surface area contributed by atoms with Crippen LogP contribution in [-0.2, 0) is 6.18 Å². The lowest BCUT2D eigenvalue weighted by atomic mass is 10.1. The van der Waals surface area contributed by atoms with E-state index in [2.05, 4.69) is 5.32 Å². The van der Waals surface area contributed by atoms with E-state index in [0.29, 0.717) is 5.39 Å². The predicted octanol–water partition coefficient (Wildman–Crippen LogP) is 3.89. The lowest BCUT2D eigenvalue weighted by molar-refractivity contribution is -0.137. The van der Waals surface area contributed by atoms with Crippen LogP contribution in [0.2, 0.25) is 0 Å². The van der Waals surface area contributed by atoms with Crippen LogP contribution in [0.4, 0.5) is 18.9 Å². The zero-order valence-electron chi connectivity index (χ0n) is 12.5. The highest BCUT2D eigenvalue weighted by Gasteiger charge is 2.30. The molecular weight excluding hydrogens is 337 g/mol. The van der Waals surface area contributed by atoms with Crippen LogP contribution in [0.1, 0.15) is 15.9 Å². The third kappa shape index (κ3) is 3.32. The summed E-state index contributed by atoms with van der Waals surface area (Å²) >= 11 is 0. The van der Waals surface area contributed by atoms with Crippen LogP contribution in [0.5, 0.6) is 5.75 Å². The number of rotatable bonds is 2. The van der Waals surface area contributed by atoms with Gasteiger partial charge in [-0.2, -0.15) is 13.2 Å². The molecule has 5 nitrogen and oxygen atoms in total. The van der Waals surface area contributed by atoms with Gasteiger partial charge in [0, 0.05) is 11.1 Å². The molecule has 0 saturated heterocycles. The van der Waals surface area contributed by atoms with Gasteiger partial charge in [0.15, 0.2) is 11.3 Å². The Labute approximate surface area is 138 Å². The van der Waals surface area contributed by atoms with Crippen LogP contribution < -0.4 is 10.9 Å². The van der Waals surface area contributed by atoms with Crippen molar-refractivity contribution in [3.8, 4) is 5.75 Å². The van der Waals surface area contributed by atoms with E-state index in [1.807, 2.05) is 0 Å². The molecule has 0 unspecified atom stereocenters. The number of hydrogen-bond acceptors (Lipinski definition) is 4.